The molecule has 1 N–H and O–H groups in total. The van der Waals surface area contributed by atoms with Crippen molar-refractivity contribution in [1.82, 2.24) is 15.1 Å². The Morgan fingerprint density at radius 2 is 2.00 bits per heavy atom. The summed E-state index contributed by atoms with van der Waals surface area (Å²) < 4.78 is 0. The Balaban J connectivity index is 1.76. The second kappa shape index (κ2) is 6.61. The third kappa shape index (κ3) is 3.86. The van der Waals surface area contributed by atoms with Gasteiger partial charge in [0, 0.05) is 30.6 Å². The van der Waals surface area contributed by atoms with Crippen LogP contribution in [0.2, 0.25) is 0 Å². The molecular formula is C12H23N3OS. The molecule has 0 spiro atoms. The van der Waals surface area contributed by atoms with Gasteiger partial charge in [0.2, 0.25) is 5.91 Å². The van der Waals surface area contributed by atoms with Gasteiger partial charge in [0.15, 0.2) is 0 Å². The van der Waals surface area contributed by atoms with Crippen LogP contribution in [-0.2, 0) is 4.79 Å². The van der Waals surface area contributed by atoms with Gasteiger partial charge in [0.05, 0.1) is 6.54 Å². The van der Waals surface area contributed by atoms with Crippen LogP contribution in [0.5, 0.6) is 0 Å². The molecule has 4 nitrogen and oxygen atoms in total. The maximum absolute atomic E-state index is 12.1. The molecule has 0 radical (unpaired) electrons. The van der Waals surface area contributed by atoms with Crippen LogP contribution in [0, 0.1) is 0 Å². The van der Waals surface area contributed by atoms with E-state index >= 15 is 0 Å². The van der Waals surface area contributed by atoms with Crippen LogP contribution in [0.3, 0.4) is 0 Å². The number of piperidine rings is 1. The fourth-order valence-electron chi connectivity index (χ4n) is 2.50. The molecule has 5 heteroatoms. The summed E-state index contributed by atoms with van der Waals surface area (Å²) in [7, 11) is 2.09. The van der Waals surface area contributed by atoms with E-state index < -0.39 is 0 Å². The van der Waals surface area contributed by atoms with Crippen LogP contribution in [-0.4, -0.2) is 73.0 Å². The lowest BCUT2D eigenvalue weighted by atomic mass is 10.1. The van der Waals surface area contributed by atoms with E-state index in [1.165, 1.54) is 12.8 Å². The first-order valence-corrected chi connectivity index (χ1v) is 7.69. The maximum atomic E-state index is 12.1. The van der Waals surface area contributed by atoms with Gasteiger partial charge in [-0.05, 0) is 33.0 Å². The Hall–Kier alpha value is -0.260. The van der Waals surface area contributed by atoms with Gasteiger partial charge < -0.3 is 10.2 Å². The van der Waals surface area contributed by atoms with Crippen LogP contribution >= 0.6 is 11.8 Å². The molecule has 0 bridgehead atoms. The predicted molar refractivity (Wildman–Crippen MR) is 72.4 cm³/mol. The van der Waals surface area contributed by atoms with Crippen molar-refractivity contribution in [2.24, 2.45) is 0 Å². The molecule has 98 valence electrons. The minimum absolute atomic E-state index is 0.311. The van der Waals surface area contributed by atoms with E-state index in [-0.39, 0.29) is 0 Å². The summed E-state index contributed by atoms with van der Waals surface area (Å²) in [5.74, 6) is 2.51. The Morgan fingerprint density at radius 1 is 1.35 bits per heavy atom. The standard InChI is InChI=1S/C12H23N3OS/c1-14(11-2-4-13-5-3-11)10-12(16)15-6-8-17-9-7-15/h11,13H,2-10H2,1H3. The average molecular weight is 257 g/mol. The van der Waals surface area contributed by atoms with Crippen molar-refractivity contribution in [2.75, 3.05) is 51.3 Å². The first-order valence-electron chi connectivity index (χ1n) is 6.54. The number of likely N-dealkylation sites (N-methyl/N-ethyl adjacent to an activating group) is 1. The molecule has 2 rings (SSSR count). The topological polar surface area (TPSA) is 35.6 Å². The van der Waals surface area contributed by atoms with E-state index in [0.29, 0.717) is 18.5 Å². The Labute approximate surface area is 108 Å². The summed E-state index contributed by atoms with van der Waals surface area (Å²) >= 11 is 1.95. The van der Waals surface area contributed by atoms with Crippen LogP contribution in [0.15, 0.2) is 0 Å². The van der Waals surface area contributed by atoms with Gasteiger partial charge >= 0.3 is 0 Å². The van der Waals surface area contributed by atoms with Crippen LogP contribution in [0.4, 0.5) is 0 Å². The van der Waals surface area contributed by atoms with Crippen molar-refractivity contribution < 1.29 is 4.79 Å². The molecule has 0 saturated carbocycles. The summed E-state index contributed by atoms with van der Waals surface area (Å²) in [6.07, 6.45) is 2.33. The predicted octanol–water partition coefficient (Wildman–Crippen LogP) is 0.246. The summed E-state index contributed by atoms with van der Waals surface area (Å²) in [6.45, 7) is 4.63. The SMILES string of the molecule is CN(CC(=O)N1CCSCC1)C1CCNCC1. The zero-order chi connectivity index (χ0) is 12.1. The van der Waals surface area contributed by atoms with E-state index in [1.54, 1.807) is 0 Å². The summed E-state index contributed by atoms with van der Waals surface area (Å²) in [6, 6.07) is 0.583. The molecule has 0 aromatic heterocycles. The summed E-state index contributed by atoms with van der Waals surface area (Å²) in [5, 5.41) is 3.36. The Morgan fingerprint density at radius 3 is 2.65 bits per heavy atom. The molecule has 2 aliphatic rings. The Bertz CT molecular complexity index is 250. The lowest BCUT2D eigenvalue weighted by molar-refractivity contribution is -0.132. The molecule has 2 heterocycles. The van der Waals surface area contributed by atoms with E-state index in [4.69, 9.17) is 0 Å². The molecule has 0 atom stereocenters. The number of carbonyl (C=O) groups is 1. The van der Waals surface area contributed by atoms with Crippen molar-refractivity contribution in [3.05, 3.63) is 0 Å². The van der Waals surface area contributed by atoms with Gasteiger partial charge in [0.1, 0.15) is 0 Å². The number of thioether (sulfide) groups is 1. The van der Waals surface area contributed by atoms with Gasteiger partial charge in [-0.15, -0.1) is 0 Å². The summed E-state index contributed by atoms with van der Waals surface area (Å²) in [4.78, 5) is 16.4. The van der Waals surface area contributed by atoms with Crippen molar-refractivity contribution in [3.8, 4) is 0 Å². The fraction of sp³-hybridized carbons (Fsp3) is 0.917. The second-order valence-corrected chi connectivity index (χ2v) is 6.11. The largest absolute Gasteiger partial charge is 0.340 e. The number of carbonyl (C=O) groups excluding carboxylic acids is 1. The van der Waals surface area contributed by atoms with Crippen LogP contribution in [0.1, 0.15) is 12.8 Å². The third-order valence-electron chi connectivity index (χ3n) is 3.68. The van der Waals surface area contributed by atoms with Gasteiger partial charge in [0.25, 0.3) is 0 Å². The molecule has 2 saturated heterocycles. The lowest BCUT2D eigenvalue weighted by Gasteiger charge is -2.33. The highest BCUT2D eigenvalue weighted by molar-refractivity contribution is 7.99. The molecule has 17 heavy (non-hydrogen) atoms. The number of nitrogens with one attached hydrogen (secondary N) is 1. The average Bonchev–Trinajstić information content (AvgIpc) is 2.40. The second-order valence-electron chi connectivity index (χ2n) is 4.89. The molecule has 0 unspecified atom stereocenters. The highest BCUT2D eigenvalue weighted by Gasteiger charge is 2.23. The van der Waals surface area contributed by atoms with E-state index in [2.05, 4.69) is 17.3 Å². The first kappa shape index (κ1) is 13.2. The molecule has 2 fully saturated rings. The first-order chi connectivity index (χ1) is 8.27. The molecule has 0 aromatic carbocycles. The maximum Gasteiger partial charge on any atom is 0.236 e. The van der Waals surface area contributed by atoms with Crippen molar-refractivity contribution in [3.63, 3.8) is 0 Å². The molecular weight excluding hydrogens is 234 g/mol. The molecule has 0 aliphatic carbocycles. The van der Waals surface area contributed by atoms with E-state index in [9.17, 15) is 4.79 Å². The van der Waals surface area contributed by atoms with Crippen molar-refractivity contribution in [2.45, 2.75) is 18.9 Å². The number of hydrogen-bond donors (Lipinski definition) is 1. The van der Waals surface area contributed by atoms with Crippen LogP contribution in [0.25, 0.3) is 0 Å². The minimum atomic E-state index is 0.311. The van der Waals surface area contributed by atoms with Gasteiger partial charge in [-0.3, -0.25) is 9.69 Å². The number of nitrogens with zero attached hydrogens (tertiary/aromatic N) is 2. The fourth-order valence-corrected chi connectivity index (χ4v) is 3.41. The molecule has 2 aliphatic heterocycles. The highest BCUT2D eigenvalue weighted by Crippen LogP contribution is 2.12. The van der Waals surface area contributed by atoms with E-state index in [1.807, 2.05) is 16.7 Å². The normalized spacial score (nSPS) is 23.1. The van der Waals surface area contributed by atoms with Crippen LogP contribution < -0.4 is 5.32 Å². The van der Waals surface area contributed by atoms with Gasteiger partial charge in [-0.25, -0.2) is 0 Å². The van der Waals surface area contributed by atoms with E-state index in [0.717, 1.165) is 37.7 Å². The number of hydrogen-bond acceptors (Lipinski definition) is 4. The zero-order valence-electron chi connectivity index (χ0n) is 10.7. The monoisotopic (exact) mass is 257 g/mol. The van der Waals surface area contributed by atoms with Gasteiger partial charge in [-0.1, -0.05) is 0 Å². The zero-order valence-corrected chi connectivity index (χ0v) is 11.5. The van der Waals surface area contributed by atoms with Crippen molar-refractivity contribution >= 4 is 17.7 Å². The van der Waals surface area contributed by atoms with Crippen molar-refractivity contribution in [1.29, 1.82) is 0 Å². The lowest BCUT2D eigenvalue weighted by Crippen LogP contribution is -2.48. The Kier molecular flexibility index (Phi) is 5.13. The quantitative estimate of drug-likeness (QED) is 0.786. The minimum Gasteiger partial charge on any atom is -0.340 e. The molecule has 0 aromatic rings. The number of amides is 1. The number of rotatable bonds is 3. The summed E-state index contributed by atoms with van der Waals surface area (Å²) in [5.41, 5.74) is 0. The molecule has 1 amide bonds. The smallest absolute Gasteiger partial charge is 0.236 e. The highest BCUT2D eigenvalue weighted by atomic mass is 32.2. The third-order valence-corrected chi connectivity index (χ3v) is 4.62. The van der Waals surface area contributed by atoms with Gasteiger partial charge in [-0.2, -0.15) is 11.8 Å².